The van der Waals surface area contributed by atoms with Crippen LogP contribution >= 0.6 is 0 Å². The molecule has 3 aromatic heterocycles. The highest BCUT2D eigenvalue weighted by molar-refractivity contribution is 6.27. The Hall–Kier alpha value is -6.19. The molecule has 0 fully saturated rings. The summed E-state index contributed by atoms with van der Waals surface area (Å²) in [6.07, 6.45) is 11.2. The van der Waals surface area contributed by atoms with Gasteiger partial charge in [-0.3, -0.25) is 15.0 Å². The third-order valence-corrected chi connectivity index (χ3v) is 9.09. The van der Waals surface area contributed by atoms with E-state index in [1.54, 1.807) is 0 Å². The molecular formula is C43H27N3. The van der Waals surface area contributed by atoms with Crippen molar-refractivity contribution in [3.05, 3.63) is 165 Å². The van der Waals surface area contributed by atoms with Crippen molar-refractivity contribution in [3.8, 4) is 55.6 Å². The summed E-state index contributed by atoms with van der Waals surface area (Å²) in [4.78, 5) is 13.0. The molecule has 0 bridgehead atoms. The van der Waals surface area contributed by atoms with Gasteiger partial charge in [0.15, 0.2) is 0 Å². The largest absolute Gasteiger partial charge is 0.265 e. The van der Waals surface area contributed by atoms with Crippen LogP contribution in [0.3, 0.4) is 0 Å². The standard InChI is InChI=1S/C43H27N3/c1-4-31(28-16-20-44-21-17-28)22-32(5-1)38-12-8-29-11-15-41-39(13-9-30-10-14-40(38)42(29)43(30)41)37-24-35(33-6-2-18-45-26-33)23-36(25-37)34-7-3-19-46-27-34/h1-27H. The van der Waals surface area contributed by atoms with Crippen LogP contribution < -0.4 is 0 Å². The lowest BCUT2D eigenvalue weighted by molar-refractivity contribution is 1.32. The first-order chi connectivity index (χ1) is 22.8. The van der Waals surface area contributed by atoms with Gasteiger partial charge >= 0.3 is 0 Å². The Bertz CT molecular complexity index is 2450. The van der Waals surface area contributed by atoms with Gasteiger partial charge in [0.2, 0.25) is 0 Å². The van der Waals surface area contributed by atoms with Crippen molar-refractivity contribution in [3.63, 3.8) is 0 Å². The summed E-state index contributed by atoms with van der Waals surface area (Å²) in [6.45, 7) is 0. The first kappa shape index (κ1) is 26.2. The first-order valence-electron chi connectivity index (χ1n) is 15.5. The Morgan fingerprint density at radius 2 is 0.804 bits per heavy atom. The predicted molar refractivity (Wildman–Crippen MR) is 191 cm³/mol. The van der Waals surface area contributed by atoms with Crippen LogP contribution in [0.4, 0.5) is 0 Å². The molecule has 6 aromatic carbocycles. The van der Waals surface area contributed by atoms with Gasteiger partial charge in [-0.2, -0.15) is 0 Å². The third-order valence-electron chi connectivity index (χ3n) is 9.09. The molecule has 0 N–H and O–H groups in total. The second-order valence-electron chi connectivity index (χ2n) is 11.7. The number of pyridine rings is 3. The molecule has 0 atom stereocenters. The zero-order valence-electron chi connectivity index (χ0n) is 24.9. The molecule has 0 aliphatic heterocycles. The van der Waals surface area contributed by atoms with Gasteiger partial charge in [-0.1, -0.05) is 78.9 Å². The highest BCUT2D eigenvalue weighted by Crippen LogP contribution is 2.43. The summed E-state index contributed by atoms with van der Waals surface area (Å²) < 4.78 is 0. The zero-order chi connectivity index (χ0) is 30.5. The smallest absolute Gasteiger partial charge is 0.0346 e. The van der Waals surface area contributed by atoms with Crippen LogP contribution in [0.1, 0.15) is 0 Å². The first-order valence-corrected chi connectivity index (χ1v) is 15.5. The van der Waals surface area contributed by atoms with Crippen molar-refractivity contribution in [1.82, 2.24) is 15.0 Å². The molecule has 0 spiro atoms. The van der Waals surface area contributed by atoms with Crippen molar-refractivity contribution in [1.29, 1.82) is 0 Å². The van der Waals surface area contributed by atoms with E-state index in [0.29, 0.717) is 0 Å². The van der Waals surface area contributed by atoms with Crippen LogP contribution in [-0.2, 0) is 0 Å². The van der Waals surface area contributed by atoms with Gasteiger partial charge in [0.25, 0.3) is 0 Å². The summed E-state index contributed by atoms with van der Waals surface area (Å²) in [5, 5.41) is 7.61. The highest BCUT2D eigenvalue weighted by Gasteiger charge is 2.16. The Labute approximate surface area is 266 Å². The molecule has 0 aliphatic carbocycles. The zero-order valence-corrected chi connectivity index (χ0v) is 24.9. The van der Waals surface area contributed by atoms with Crippen LogP contribution in [0.5, 0.6) is 0 Å². The number of aromatic nitrogens is 3. The van der Waals surface area contributed by atoms with E-state index in [1.807, 2.05) is 49.3 Å². The molecule has 9 rings (SSSR count). The normalized spacial score (nSPS) is 11.5. The van der Waals surface area contributed by atoms with Crippen LogP contribution in [0, 0.1) is 0 Å². The lowest BCUT2D eigenvalue weighted by Gasteiger charge is -2.18. The maximum absolute atomic E-state index is 4.41. The van der Waals surface area contributed by atoms with Gasteiger partial charge in [0, 0.05) is 48.3 Å². The number of nitrogens with zero attached hydrogens (tertiary/aromatic N) is 3. The molecule has 3 nitrogen and oxygen atoms in total. The van der Waals surface area contributed by atoms with E-state index >= 15 is 0 Å². The second kappa shape index (κ2) is 10.8. The minimum Gasteiger partial charge on any atom is -0.265 e. The molecule has 46 heavy (non-hydrogen) atoms. The van der Waals surface area contributed by atoms with Gasteiger partial charge < -0.3 is 0 Å². The maximum atomic E-state index is 4.41. The molecule has 214 valence electrons. The summed E-state index contributed by atoms with van der Waals surface area (Å²) in [5.41, 5.74) is 11.6. The van der Waals surface area contributed by atoms with Crippen molar-refractivity contribution in [2.24, 2.45) is 0 Å². The molecule has 9 aromatic rings. The molecular weight excluding hydrogens is 558 g/mol. The summed E-state index contributed by atoms with van der Waals surface area (Å²) in [6, 6.07) is 46.2. The van der Waals surface area contributed by atoms with Gasteiger partial charge in [-0.25, -0.2) is 0 Å². The molecule has 0 saturated carbocycles. The van der Waals surface area contributed by atoms with E-state index in [1.165, 1.54) is 65.7 Å². The average molecular weight is 586 g/mol. The van der Waals surface area contributed by atoms with Gasteiger partial charge in [-0.05, 0) is 125 Å². The molecule has 0 amide bonds. The summed E-state index contributed by atoms with van der Waals surface area (Å²) >= 11 is 0. The molecule has 0 radical (unpaired) electrons. The number of hydrogen-bond acceptors (Lipinski definition) is 3. The lowest BCUT2D eigenvalue weighted by atomic mass is 9.86. The average Bonchev–Trinajstić information content (AvgIpc) is 3.14. The fourth-order valence-electron chi connectivity index (χ4n) is 6.90. The van der Waals surface area contributed by atoms with Gasteiger partial charge in [0.1, 0.15) is 0 Å². The van der Waals surface area contributed by atoms with Crippen LogP contribution in [-0.4, -0.2) is 15.0 Å². The minimum absolute atomic E-state index is 1.09. The third kappa shape index (κ3) is 4.41. The highest BCUT2D eigenvalue weighted by atomic mass is 14.6. The van der Waals surface area contributed by atoms with Crippen molar-refractivity contribution >= 4 is 32.3 Å². The Balaban J connectivity index is 1.27. The van der Waals surface area contributed by atoms with Crippen molar-refractivity contribution in [2.45, 2.75) is 0 Å². The van der Waals surface area contributed by atoms with E-state index < -0.39 is 0 Å². The van der Waals surface area contributed by atoms with Crippen LogP contribution in [0.15, 0.2) is 165 Å². The SMILES string of the molecule is c1cncc(-c2cc(-c3cccnc3)cc(-c3ccc4ccc5c(-c6cccc(-c7ccncc7)c6)ccc6ccc3c4c65)c2)c1. The predicted octanol–water partition coefficient (Wildman–Crippen LogP) is 11.1. The molecule has 0 saturated heterocycles. The minimum atomic E-state index is 1.09. The maximum Gasteiger partial charge on any atom is 0.0346 e. The Morgan fingerprint density at radius 1 is 0.304 bits per heavy atom. The fourth-order valence-corrected chi connectivity index (χ4v) is 6.90. The second-order valence-corrected chi connectivity index (χ2v) is 11.7. The van der Waals surface area contributed by atoms with E-state index in [0.717, 1.165) is 22.3 Å². The monoisotopic (exact) mass is 585 g/mol. The van der Waals surface area contributed by atoms with Crippen LogP contribution in [0.25, 0.3) is 88.0 Å². The van der Waals surface area contributed by atoms with Gasteiger partial charge in [-0.15, -0.1) is 0 Å². The number of benzene rings is 6. The molecule has 0 unspecified atom stereocenters. The van der Waals surface area contributed by atoms with E-state index in [2.05, 4.69) is 130 Å². The quantitative estimate of drug-likeness (QED) is 0.189. The molecule has 3 heterocycles. The van der Waals surface area contributed by atoms with Crippen LogP contribution in [0.2, 0.25) is 0 Å². The van der Waals surface area contributed by atoms with Gasteiger partial charge in [0.05, 0.1) is 0 Å². The molecule has 3 heteroatoms. The topological polar surface area (TPSA) is 38.7 Å². The number of hydrogen-bond donors (Lipinski definition) is 0. The Morgan fingerprint density at radius 3 is 1.39 bits per heavy atom. The van der Waals surface area contributed by atoms with E-state index in [9.17, 15) is 0 Å². The van der Waals surface area contributed by atoms with Crippen molar-refractivity contribution in [2.75, 3.05) is 0 Å². The van der Waals surface area contributed by atoms with E-state index in [4.69, 9.17) is 0 Å². The fraction of sp³-hybridized carbons (Fsp3) is 0. The lowest BCUT2D eigenvalue weighted by Crippen LogP contribution is -1.91. The summed E-state index contributed by atoms with van der Waals surface area (Å²) in [5.74, 6) is 0. The Kier molecular flexibility index (Phi) is 6.14. The molecule has 0 aliphatic rings. The summed E-state index contributed by atoms with van der Waals surface area (Å²) in [7, 11) is 0. The van der Waals surface area contributed by atoms with E-state index in [-0.39, 0.29) is 0 Å². The van der Waals surface area contributed by atoms with Crippen molar-refractivity contribution < 1.29 is 0 Å². The number of rotatable bonds is 5.